The first kappa shape index (κ1) is 12.2. The fraction of sp³-hybridized carbons (Fsp3) is 0.750. The van der Waals surface area contributed by atoms with Gasteiger partial charge in [0, 0.05) is 29.9 Å². The molecule has 1 aromatic rings. The minimum absolute atomic E-state index is 0.124. The summed E-state index contributed by atoms with van der Waals surface area (Å²) < 4.78 is 2.23. The van der Waals surface area contributed by atoms with Crippen molar-refractivity contribution in [1.82, 2.24) is 9.55 Å². The van der Waals surface area contributed by atoms with Gasteiger partial charge in [0.1, 0.15) is 0 Å². The van der Waals surface area contributed by atoms with Crippen LogP contribution in [0.25, 0.3) is 0 Å². The summed E-state index contributed by atoms with van der Waals surface area (Å²) in [4.78, 5) is 4.25. The summed E-state index contributed by atoms with van der Waals surface area (Å²) in [6.07, 6.45) is 3.85. The smallest absolute Gasteiger partial charge is 0.0951 e. The molecule has 0 radical (unpaired) electrons. The molecule has 1 atom stereocenters. The zero-order valence-electron chi connectivity index (χ0n) is 10.5. The number of nitrogens with zero attached hydrogens (tertiary/aromatic N) is 2. The standard InChI is InChI=1S/C12H23N3/c1-9(2)10(6-13)15-8-14-7-11(15)12(3,4)5/h7-10H,6,13H2,1-5H3. The Balaban J connectivity index is 3.09. The predicted molar refractivity (Wildman–Crippen MR) is 63.9 cm³/mol. The van der Waals surface area contributed by atoms with Crippen molar-refractivity contribution >= 4 is 0 Å². The Morgan fingerprint density at radius 2 is 2.00 bits per heavy atom. The van der Waals surface area contributed by atoms with Crippen molar-refractivity contribution in [2.24, 2.45) is 11.7 Å². The summed E-state index contributed by atoms with van der Waals surface area (Å²) in [6, 6.07) is 0.349. The van der Waals surface area contributed by atoms with Crippen molar-refractivity contribution in [3.05, 3.63) is 18.2 Å². The molecular weight excluding hydrogens is 186 g/mol. The molecular formula is C12H23N3. The van der Waals surface area contributed by atoms with Crippen LogP contribution >= 0.6 is 0 Å². The van der Waals surface area contributed by atoms with Gasteiger partial charge in [0.2, 0.25) is 0 Å². The summed E-state index contributed by atoms with van der Waals surface area (Å²) in [6.45, 7) is 11.7. The molecule has 1 unspecified atom stereocenters. The van der Waals surface area contributed by atoms with Gasteiger partial charge < -0.3 is 10.3 Å². The summed E-state index contributed by atoms with van der Waals surface area (Å²) in [7, 11) is 0. The Kier molecular flexibility index (Phi) is 3.55. The molecule has 0 fully saturated rings. The van der Waals surface area contributed by atoms with Gasteiger partial charge >= 0.3 is 0 Å². The molecule has 1 heterocycles. The molecule has 0 bridgehead atoms. The maximum absolute atomic E-state index is 5.83. The van der Waals surface area contributed by atoms with Gasteiger partial charge in [0.25, 0.3) is 0 Å². The van der Waals surface area contributed by atoms with E-state index in [0.717, 1.165) is 0 Å². The SMILES string of the molecule is CC(C)C(CN)n1cncc1C(C)(C)C. The average molecular weight is 209 g/mol. The molecule has 3 heteroatoms. The van der Waals surface area contributed by atoms with E-state index in [4.69, 9.17) is 5.73 Å². The number of hydrogen-bond acceptors (Lipinski definition) is 2. The monoisotopic (exact) mass is 209 g/mol. The molecule has 3 nitrogen and oxygen atoms in total. The Morgan fingerprint density at radius 1 is 1.40 bits per heavy atom. The first-order chi connectivity index (χ1) is 6.88. The number of rotatable bonds is 3. The quantitative estimate of drug-likeness (QED) is 0.830. The summed E-state index contributed by atoms with van der Waals surface area (Å²) in [5.41, 5.74) is 7.21. The Labute approximate surface area is 92.7 Å². The van der Waals surface area contributed by atoms with Crippen molar-refractivity contribution < 1.29 is 0 Å². The van der Waals surface area contributed by atoms with E-state index in [1.807, 2.05) is 12.5 Å². The third-order valence-electron chi connectivity index (χ3n) is 2.80. The van der Waals surface area contributed by atoms with Crippen molar-refractivity contribution in [3.8, 4) is 0 Å². The zero-order chi connectivity index (χ0) is 11.6. The highest BCUT2D eigenvalue weighted by atomic mass is 15.1. The Morgan fingerprint density at radius 3 is 2.40 bits per heavy atom. The molecule has 2 N–H and O–H groups in total. The van der Waals surface area contributed by atoms with Crippen LogP contribution in [0, 0.1) is 5.92 Å². The second-order valence-electron chi connectivity index (χ2n) is 5.48. The Hall–Kier alpha value is -0.830. The lowest BCUT2D eigenvalue weighted by Crippen LogP contribution is -2.28. The number of hydrogen-bond donors (Lipinski definition) is 1. The third kappa shape index (κ3) is 2.59. The van der Waals surface area contributed by atoms with Crippen molar-refractivity contribution in [2.75, 3.05) is 6.54 Å². The molecule has 0 aliphatic rings. The van der Waals surface area contributed by atoms with E-state index in [9.17, 15) is 0 Å². The Bertz CT molecular complexity index is 307. The highest BCUT2D eigenvalue weighted by molar-refractivity contribution is 5.12. The van der Waals surface area contributed by atoms with E-state index in [2.05, 4.69) is 44.2 Å². The fourth-order valence-corrected chi connectivity index (χ4v) is 1.86. The molecule has 0 aliphatic heterocycles. The van der Waals surface area contributed by atoms with Crippen LogP contribution < -0.4 is 5.73 Å². The van der Waals surface area contributed by atoms with Crippen molar-refractivity contribution in [3.63, 3.8) is 0 Å². The molecule has 15 heavy (non-hydrogen) atoms. The maximum Gasteiger partial charge on any atom is 0.0951 e. The minimum atomic E-state index is 0.124. The zero-order valence-corrected chi connectivity index (χ0v) is 10.5. The molecule has 1 aromatic heterocycles. The van der Waals surface area contributed by atoms with Crippen LogP contribution in [0.5, 0.6) is 0 Å². The van der Waals surface area contributed by atoms with Crippen LogP contribution in [0.3, 0.4) is 0 Å². The lowest BCUT2D eigenvalue weighted by atomic mass is 9.91. The predicted octanol–water partition coefficient (Wildman–Crippen LogP) is 2.34. The molecule has 0 aromatic carbocycles. The molecule has 0 aliphatic carbocycles. The highest BCUT2D eigenvalue weighted by Gasteiger charge is 2.23. The first-order valence-electron chi connectivity index (χ1n) is 5.60. The van der Waals surface area contributed by atoms with E-state index in [-0.39, 0.29) is 5.41 Å². The van der Waals surface area contributed by atoms with Gasteiger partial charge in [0.15, 0.2) is 0 Å². The number of aromatic nitrogens is 2. The van der Waals surface area contributed by atoms with Crippen molar-refractivity contribution in [2.45, 2.75) is 46.1 Å². The minimum Gasteiger partial charge on any atom is -0.329 e. The van der Waals surface area contributed by atoms with Crippen LogP contribution in [0.2, 0.25) is 0 Å². The first-order valence-corrected chi connectivity index (χ1v) is 5.60. The topological polar surface area (TPSA) is 43.8 Å². The van der Waals surface area contributed by atoms with E-state index < -0.39 is 0 Å². The van der Waals surface area contributed by atoms with Gasteiger partial charge in [-0.1, -0.05) is 34.6 Å². The van der Waals surface area contributed by atoms with Gasteiger partial charge in [-0.25, -0.2) is 4.98 Å². The summed E-state index contributed by atoms with van der Waals surface area (Å²) in [5.74, 6) is 0.533. The van der Waals surface area contributed by atoms with Crippen LogP contribution in [0.15, 0.2) is 12.5 Å². The lowest BCUT2D eigenvalue weighted by Gasteiger charge is -2.28. The van der Waals surface area contributed by atoms with Crippen LogP contribution in [-0.4, -0.2) is 16.1 Å². The average Bonchev–Trinajstić information content (AvgIpc) is 2.52. The van der Waals surface area contributed by atoms with Gasteiger partial charge in [-0.05, 0) is 5.92 Å². The van der Waals surface area contributed by atoms with E-state index in [1.165, 1.54) is 5.69 Å². The molecule has 1 rings (SSSR count). The van der Waals surface area contributed by atoms with Crippen LogP contribution in [-0.2, 0) is 5.41 Å². The van der Waals surface area contributed by atoms with Crippen LogP contribution in [0.1, 0.15) is 46.4 Å². The van der Waals surface area contributed by atoms with Crippen molar-refractivity contribution in [1.29, 1.82) is 0 Å². The number of imidazole rings is 1. The molecule has 0 amide bonds. The second-order valence-corrected chi connectivity index (χ2v) is 5.48. The highest BCUT2D eigenvalue weighted by Crippen LogP contribution is 2.27. The fourth-order valence-electron chi connectivity index (χ4n) is 1.86. The molecule has 0 spiro atoms. The van der Waals surface area contributed by atoms with Gasteiger partial charge in [0.05, 0.1) is 6.33 Å². The molecule has 0 saturated heterocycles. The molecule has 86 valence electrons. The second kappa shape index (κ2) is 4.35. The largest absolute Gasteiger partial charge is 0.329 e. The van der Waals surface area contributed by atoms with E-state index >= 15 is 0 Å². The van der Waals surface area contributed by atoms with Gasteiger partial charge in [-0.2, -0.15) is 0 Å². The maximum atomic E-state index is 5.83. The van der Waals surface area contributed by atoms with Gasteiger partial charge in [-0.3, -0.25) is 0 Å². The van der Waals surface area contributed by atoms with Crippen LogP contribution in [0.4, 0.5) is 0 Å². The number of nitrogens with two attached hydrogens (primary N) is 1. The lowest BCUT2D eigenvalue weighted by molar-refractivity contribution is 0.358. The third-order valence-corrected chi connectivity index (χ3v) is 2.80. The van der Waals surface area contributed by atoms with E-state index in [1.54, 1.807) is 0 Å². The summed E-state index contributed by atoms with van der Waals surface area (Å²) in [5, 5.41) is 0. The van der Waals surface area contributed by atoms with Gasteiger partial charge in [-0.15, -0.1) is 0 Å². The molecule has 0 saturated carbocycles. The van der Waals surface area contributed by atoms with E-state index in [0.29, 0.717) is 18.5 Å². The normalized spacial score (nSPS) is 14.6. The summed E-state index contributed by atoms with van der Waals surface area (Å²) >= 11 is 0.